The molecule has 6 nitrogen and oxygen atoms in total. The van der Waals surface area contributed by atoms with Crippen LogP contribution >= 0.6 is 0 Å². The fourth-order valence-corrected chi connectivity index (χ4v) is 3.52. The summed E-state index contributed by atoms with van der Waals surface area (Å²) in [5.74, 6) is 0.512. The van der Waals surface area contributed by atoms with E-state index in [9.17, 15) is 16.8 Å². The minimum Gasteiger partial charge on any atom is -0.383 e. The van der Waals surface area contributed by atoms with E-state index >= 15 is 0 Å². The van der Waals surface area contributed by atoms with Crippen LogP contribution in [0.1, 0.15) is 11.1 Å². The maximum absolute atomic E-state index is 11.2. The van der Waals surface area contributed by atoms with Gasteiger partial charge in [-0.1, -0.05) is 12.1 Å². The first-order valence-electron chi connectivity index (χ1n) is 6.66. The number of hydrogen-bond acceptors (Lipinski definition) is 6. The molecule has 0 N–H and O–H groups in total. The van der Waals surface area contributed by atoms with Gasteiger partial charge in [0.25, 0.3) is 0 Å². The van der Waals surface area contributed by atoms with E-state index in [0.29, 0.717) is 6.42 Å². The fraction of sp³-hybridized carbons (Fsp3) is 0.200. The molecular formula is C15H14O6S2. The molecule has 8 heteroatoms. The number of rotatable bonds is 4. The SMILES string of the molecule is CS(=O)(=O)Oc1ccc2c(c1)Cc1cc(OS(C)(=O)=O)ccc1-2. The lowest BCUT2D eigenvalue weighted by Crippen LogP contribution is -2.05. The molecule has 0 radical (unpaired) electrons. The molecule has 0 saturated carbocycles. The quantitative estimate of drug-likeness (QED) is 0.666. The van der Waals surface area contributed by atoms with Crippen LogP contribution in [-0.4, -0.2) is 29.3 Å². The molecule has 0 amide bonds. The Balaban J connectivity index is 1.94. The Morgan fingerprint density at radius 2 is 1.13 bits per heavy atom. The zero-order valence-electron chi connectivity index (χ0n) is 12.4. The second kappa shape index (κ2) is 5.24. The molecule has 0 atom stereocenters. The predicted molar refractivity (Wildman–Crippen MR) is 85.6 cm³/mol. The summed E-state index contributed by atoms with van der Waals surface area (Å²) in [5, 5.41) is 0. The van der Waals surface area contributed by atoms with E-state index in [0.717, 1.165) is 34.8 Å². The molecular weight excluding hydrogens is 340 g/mol. The van der Waals surface area contributed by atoms with E-state index in [-0.39, 0.29) is 11.5 Å². The lowest BCUT2D eigenvalue weighted by atomic mass is 10.1. The first-order chi connectivity index (χ1) is 10.6. The molecule has 1 aliphatic carbocycles. The van der Waals surface area contributed by atoms with Crippen molar-refractivity contribution in [3.05, 3.63) is 47.5 Å². The standard InChI is InChI=1S/C15H14O6S2/c1-22(16,17)20-12-3-5-14-10(8-12)7-11-9-13(4-6-15(11)14)21-23(2,18)19/h3-6,8-9H,7H2,1-2H3. The van der Waals surface area contributed by atoms with Crippen LogP contribution in [0.2, 0.25) is 0 Å². The van der Waals surface area contributed by atoms with Gasteiger partial charge in [0.15, 0.2) is 0 Å². The first-order valence-corrected chi connectivity index (χ1v) is 10.3. The van der Waals surface area contributed by atoms with Gasteiger partial charge in [0.1, 0.15) is 11.5 Å². The molecule has 3 rings (SSSR count). The second-order valence-electron chi connectivity index (χ2n) is 5.39. The highest BCUT2D eigenvalue weighted by Gasteiger charge is 2.21. The van der Waals surface area contributed by atoms with Gasteiger partial charge < -0.3 is 8.37 Å². The Hall–Kier alpha value is -2.06. The van der Waals surface area contributed by atoms with E-state index in [1.165, 1.54) is 0 Å². The van der Waals surface area contributed by atoms with E-state index in [1.54, 1.807) is 36.4 Å². The zero-order chi connectivity index (χ0) is 16.8. The van der Waals surface area contributed by atoms with E-state index in [4.69, 9.17) is 8.37 Å². The molecule has 0 unspecified atom stereocenters. The molecule has 0 aliphatic heterocycles. The van der Waals surface area contributed by atoms with Gasteiger partial charge in [-0.05, 0) is 52.9 Å². The normalized spacial score (nSPS) is 13.3. The van der Waals surface area contributed by atoms with Crippen LogP contribution in [0.5, 0.6) is 11.5 Å². The third-order valence-corrected chi connectivity index (χ3v) is 4.31. The highest BCUT2D eigenvalue weighted by Crippen LogP contribution is 2.40. The van der Waals surface area contributed by atoms with Gasteiger partial charge in [0, 0.05) is 0 Å². The molecule has 122 valence electrons. The van der Waals surface area contributed by atoms with Gasteiger partial charge in [-0.3, -0.25) is 0 Å². The molecule has 0 spiro atoms. The van der Waals surface area contributed by atoms with Gasteiger partial charge in [-0.25, -0.2) is 0 Å². The van der Waals surface area contributed by atoms with Gasteiger partial charge in [0.2, 0.25) is 0 Å². The molecule has 2 aromatic carbocycles. The predicted octanol–water partition coefficient (Wildman–Crippen LogP) is 1.93. The topological polar surface area (TPSA) is 86.7 Å². The first kappa shape index (κ1) is 15.8. The summed E-state index contributed by atoms with van der Waals surface area (Å²) in [6, 6.07) is 10.1. The van der Waals surface area contributed by atoms with Crippen LogP contribution in [0, 0.1) is 0 Å². The van der Waals surface area contributed by atoms with Crippen molar-refractivity contribution < 1.29 is 25.2 Å². The Morgan fingerprint density at radius 1 is 0.739 bits per heavy atom. The van der Waals surface area contributed by atoms with E-state index in [2.05, 4.69) is 0 Å². The van der Waals surface area contributed by atoms with Crippen molar-refractivity contribution in [2.45, 2.75) is 6.42 Å². The van der Waals surface area contributed by atoms with Gasteiger partial charge in [-0.2, -0.15) is 16.8 Å². The van der Waals surface area contributed by atoms with Gasteiger partial charge >= 0.3 is 20.2 Å². The van der Waals surface area contributed by atoms with Crippen molar-refractivity contribution in [2.24, 2.45) is 0 Å². The van der Waals surface area contributed by atoms with Crippen molar-refractivity contribution in [3.8, 4) is 22.6 Å². The van der Waals surface area contributed by atoms with Crippen molar-refractivity contribution >= 4 is 20.2 Å². The van der Waals surface area contributed by atoms with Crippen molar-refractivity contribution in [1.29, 1.82) is 0 Å². The fourth-order valence-electron chi connectivity index (χ4n) is 2.62. The van der Waals surface area contributed by atoms with Crippen LogP contribution in [0.3, 0.4) is 0 Å². The van der Waals surface area contributed by atoms with Gasteiger partial charge in [-0.15, -0.1) is 0 Å². The van der Waals surface area contributed by atoms with Crippen LogP contribution in [0.4, 0.5) is 0 Å². The molecule has 0 bridgehead atoms. The highest BCUT2D eigenvalue weighted by molar-refractivity contribution is 7.86. The zero-order valence-corrected chi connectivity index (χ0v) is 14.1. The van der Waals surface area contributed by atoms with Crippen molar-refractivity contribution in [2.75, 3.05) is 12.5 Å². The Bertz CT molecular complexity index is 909. The summed E-state index contributed by atoms with van der Waals surface area (Å²) in [4.78, 5) is 0. The monoisotopic (exact) mass is 354 g/mol. The summed E-state index contributed by atoms with van der Waals surface area (Å²) in [6.07, 6.45) is 2.53. The molecule has 23 heavy (non-hydrogen) atoms. The molecule has 0 aromatic heterocycles. The van der Waals surface area contributed by atoms with Crippen LogP contribution in [-0.2, 0) is 26.7 Å². The highest BCUT2D eigenvalue weighted by atomic mass is 32.2. The van der Waals surface area contributed by atoms with Crippen LogP contribution in [0.25, 0.3) is 11.1 Å². The summed E-state index contributed by atoms with van der Waals surface area (Å²) >= 11 is 0. The molecule has 0 heterocycles. The summed E-state index contributed by atoms with van der Waals surface area (Å²) in [6.45, 7) is 0. The summed E-state index contributed by atoms with van der Waals surface area (Å²) < 4.78 is 54.6. The second-order valence-corrected chi connectivity index (χ2v) is 8.54. The largest absolute Gasteiger partial charge is 0.383 e. The average Bonchev–Trinajstić information content (AvgIpc) is 2.71. The maximum atomic E-state index is 11.2. The third kappa shape index (κ3) is 3.65. The van der Waals surface area contributed by atoms with Crippen molar-refractivity contribution in [1.82, 2.24) is 0 Å². The average molecular weight is 354 g/mol. The lowest BCUT2D eigenvalue weighted by molar-refractivity contribution is 0.491. The molecule has 0 saturated heterocycles. The van der Waals surface area contributed by atoms with Crippen LogP contribution in [0.15, 0.2) is 36.4 Å². The summed E-state index contributed by atoms with van der Waals surface area (Å²) in [5.41, 5.74) is 3.76. The Kier molecular flexibility index (Phi) is 3.61. The molecule has 1 aliphatic rings. The number of benzene rings is 2. The number of hydrogen-bond donors (Lipinski definition) is 0. The van der Waals surface area contributed by atoms with E-state index < -0.39 is 20.2 Å². The minimum absolute atomic E-state index is 0.256. The summed E-state index contributed by atoms with van der Waals surface area (Å²) in [7, 11) is -7.15. The Labute approximate surface area is 134 Å². The van der Waals surface area contributed by atoms with Crippen LogP contribution < -0.4 is 8.37 Å². The molecule has 2 aromatic rings. The lowest BCUT2D eigenvalue weighted by Gasteiger charge is -2.06. The van der Waals surface area contributed by atoms with E-state index in [1.807, 2.05) is 0 Å². The van der Waals surface area contributed by atoms with Gasteiger partial charge in [0.05, 0.1) is 12.5 Å². The number of fused-ring (bicyclic) bond motifs is 3. The Morgan fingerprint density at radius 3 is 1.48 bits per heavy atom. The van der Waals surface area contributed by atoms with Crippen molar-refractivity contribution in [3.63, 3.8) is 0 Å². The maximum Gasteiger partial charge on any atom is 0.306 e. The minimum atomic E-state index is -3.58. The third-order valence-electron chi connectivity index (χ3n) is 3.32. The smallest absolute Gasteiger partial charge is 0.306 e. The molecule has 0 fully saturated rings.